The van der Waals surface area contributed by atoms with E-state index in [0.717, 1.165) is 40.5 Å². The highest BCUT2D eigenvalue weighted by Crippen LogP contribution is 2.30. The lowest BCUT2D eigenvalue weighted by atomic mass is 10.1. The molecule has 3 rings (SSSR count). The lowest BCUT2D eigenvalue weighted by molar-refractivity contribution is -0.118. The van der Waals surface area contributed by atoms with Crippen molar-refractivity contribution in [1.29, 1.82) is 0 Å². The number of likely N-dealkylation sites (N-methyl/N-ethyl adjacent to an activating group) is 1. The van der Waals surface area contributed by atoms with Crippen LogP contribution in [0.5, 0.6) is 0 Å². The summed E-state index contributed by atoms with van der Waals surface area (Å²) < 4.78 is 1.13. The van der Waals surface area contributed by atoms with Crippen LogP contribution in [0.2, 0.25) is 0 Å². The summed E-state index contributed by atoms with van der Waals surface area (Å²) in [5.41, 5.74) is 3.20. The first-order valence-corrected chi connectivity index (χ1v) is 10.4. The second kappa shape index (κ2) is 10.6. The Hall–Kier alpha value is -1.95. The average molecular weight is 418 g/mol. The molecule has 2 aromatic carbocycles. The summed E-state index contributed by atoms with van der Waals surface area (Å²) in [6, 6.07) is 16.2. The maximum absolute atomic E-state index is 13.1. The van der Waals surface area contributed by atoms with Gasteiger partial charge in [0.25, 0.3) is 0 Å². The summed E-state index contributed by atoms with van der Waals surface area (Å²) in [5, 5.41) is 0.795. The van der Waals surface area contributed by atoms with Gasteiger partial charge in [-0.3, -0.25) is 9.69 Å². The molecule has 0 saturated carbocycles. The highest BCUT2D eigenvalue weighted by Gasteiger charge is 2.20. The number of hydrogen-bond acceptors (Lipinski definition) is 4. The van der Waals surface area contributed by atoms with Crippen LogP contribution in [-0.2, 0) is 11.2 Å². The number of aromatic nitrogens is 1. The molecule has 0 atom stereocenters. The second-order valence-electron chi connectivity index (χ2n) is 6.70. The Labute approximate surface area is 177 Å². The minimum absolute atomic E-state index is 0. The predicted molar refractivity (Wildman–Crippen MR) is 122 cm³/mol. The molecular formula is C22H28ClN3OS. The molecule has 0 bridgehead atoms. The van der Waals surface area contributed by atoms with E-state index >= 15 is 0 Å². The quantitative estimate of drug-likeness (QED) is 0.520. The zero-order chi connectivity index (χ0) is 19.2. The molecule has 0 N–H and O–H groups in total. The van der Waals surface area contributed by atoms with Crippen molar-refractivity contribution in [2.75, 3.05) is 31.1 Å². The van der Waals surface area contributed by atoms with Crippen LogP contribution in [0, 0.1) is 6.92 Å². The number of anilines is 1. The normalized spacial score (nSPS) is 10.9. The molecular weight excluding hydrogens is 390 g/mol. The molecule has 3 aromatic rings. The van der Waals surface area contributed by atoms with Crippen LogP contribution in [0.3, 0.4) is 0 Å². The summed E-state index contributed by atoms with van der Waals surface area (Å²) in [7, 11) is 0. The average Bonchev–Trinajstić information content (AvgIpc) is 3.08. The van der Waals surface area contributed by atoms with Gasteiger partial charge in [-0.1, -0.05) is 61.6 Å². The van der Waals surface area contributed by atoms with Crippen molar-refractivity contribution in [3.8, 4) is 0 Å². The molecule has 0 spiro atoms. The number of aryl methyl sites for hydroxylation is 1. The standard InChI is InChI=1S/C22H27N3OS.ClH/c1-4-24(5-2)13-14-25(21(26)16-18-9-7-6-8-10-18)22-23-19-12-11-17(3)15-20(19)27-22;/h6-12,15H,4-5,13-14,16H2,1-3H3;1H. The van der Waals surface area contributed by atoms with Gasteiger partial charge in [-0.2, -0.15) is 0 Å². The van der Waals surface area contributed by atoms with Crippen LogP contribution in [0.4, 0.5) is 5.13 Å². The number of amides is 1. The van der Waals surface area contributed by atoms with Gasteiger partial charge < -0.3 is 4.90 Å². The first-order valence-electron chi connectivity index (χ1n) is 9.54. The van der Waals surface area contributed by atoms with Crippen LogP contribution in [0.25, 0.3) is 10.2 Å². The number of carbonyl (C=O) groups is 1. The zero-order valence-electron chi connectivity index (χ0n) is 16.7. The lowest BCUT2D eigenvalue weighted by Crippen LogP contribution is -2.39. The summed E-state index contributed by atoms with van der Waals surface area (Å²) >= 11 is 1.60. The number of halogens is 1. The Morgan fingerprint density at radius 1 is 1.04 bits per heavy atom. The fourth-order valence-electron chi connectivity index (χ4n) is 3.11. The van der Waals surface area contributed by atoms with Crippen molar-refractivity contribution >= 4 is 45.0 Å². The number of benzene rings is 2. The van der Waals surface area contributed by atoms with Crippen molar-refractivity contribution in [2.24, 2.45) is 0 Å². The molecule has 0 aliphatic rings. The summed E-state index contributed by atoms with van der Waals surface area (Å²) in [6.07, 6.45) is 0.397. The van der Waals surface area contributed by atoms with E-state index < -0.39 is 0 Å². The van der Waals surface area contributed by atoms with Crippen molar-refractivity contribution in [2.45, 2.75) is 27.2 Å². The summed E-state index contributed by atoms with van der Waals surface area (Å²) in [4.78, 5) is 22.1. The van der Waals surface area contributed by atoms with E-state index in [9.17, 15) is 4.79 Å². The Morgan fingerprint density at radius 3 is 2.43 bits per heavy atom. The van der Waals surface area contributed by atoms with Gasteiger partial charge in [0, 0.05) is 13.1 Å². The molecule has 6 heteroatoms. The highest BCUT2D eigenvalue weighted by molar-refractivity contribution is 7.22. The van der Waals surface area contributed by atoms with E-state index in [1.54, 1.807) is 11.3 Å². The third-order valence-electron chi connectivity index (χ3n) is 4.80. The van der Waals surface area contributed by atoms with Crippen LogP contribution >= 0.6 is 23.7 Å². The highest BCUT2D eigenvalue weighted by atomic mass is 35.5. The van der Waals surface area contributed by atoms with Gasteiger partial charge in [0.15, 0.2) is 5.13 Å². The van der Waals surface area contributed by atoms with Crippen molar-refractivity contribution < 1.29 is 4.79 Å². The molecule has 0 fully saturated rings. The van der Waals surface area contributed by atoms with Crippen LogP contribution < -0.4 is 4.90 Å². The minimum atomic E-state index is 0. The van der Waals surface area contributed by atoms with Gasteiger partial charge in [-0.25, -0.2) is 4.98 Å². The SMILES string of the molecule is CCN(CC)CCN(C(=O)Cc1ccccc1)c1nc2ccc(C)cc2s1.Cl. The Balaban J connectivity index is 0.00000280. The zero-order valence-corrected chi connectivity index (χ0v) is 18.4. The van der Waals surface area contributed by atoms with Gasteiger partial charge in [0.2, 0.25) is 5.91 Å². The van der Waals surface area contributed by atoms with Crippen molar-refractivity contribution in [3.63, 3.8) is 0 Å². The smallest absolute Gasteiger partial charge is 0.233 e. The van der Waals surface area contributed by atoms with E-state index in [4.69, 9.17) is 4.98 Å². The Kier molecular flexibility index (Phi) is 8.42. The molecule has 150 valence electrons. The molecule has 0 radical (unpaired) electrons. The number of rotatable bonds is 8. The Bertz CT molecular complexity index is 893. The molecule has 0 aliphatic heterocycles. The number of carbonyl (C=O) groups excluding carboxylic acids is 1. The third-order valence-corrected chi connectivity index (χ3v) is 5.84. The third kappa shape index (κ3) is 5.53. The van der Waals surface area contributed by atoms with E-state index in [1.165, 1.54) is 5.56 Å². The summed E-state index contributed by atoms with van der Waals surface area (Å²) in [5.74, 6) is 0.101. The monoisotopic (exact) mass is 417 g/mol. The van der Waals surface area contributed by atoms with Gasteiger partial charge in [0.1, 0.15) is 0 Å². The molecule has 0 aliphatic carbocycles. The number of hydrogen-bond donors (Lipinski definition) is 0. The van der Waals surface area contributed by atoms with E-state index in [-0.39, 0.29) is 18.3 Å². The molecule has 28 heavy (non-hydrogen) atoms. The fourth-order valence-corrected chi connectivity index (χ4v) is 4.22. The molecule has 4 nitrogen and oxygen atoms in total. The van der Waals surface area contributed by atoms with Crippen LogP contribution in [0.15, 0.2) is 48.5 Å². The molecule has 0 unspecified atom stereocenters. The largest absolute Gasteiger partial charge is 0.302 e. The first-order chi connectivity index (χ1) is 13.1. The van der Waals surface area contributed by atoms with E-state index in [2.05, 4.69) is 37.8 Å². The Morgan fingerprint density at radius 2 is 1.75 bits per heavy atom. The number of thiazole rings is 1. The van der Waals surface area contributed by atoms with E-state index in [0.29, 0.717) is 13.0 Å². The van der Waals surface area contributed by atoms with Crippen LogP contribution in [-0.4, -0.2) is 42.0 Å². The first kappa shape index (κ1) is 22.3. The van der Waals surface area contributed by atoms with E-state index in [1.807, 2.05) is 41.3 Å². The molecule has 0 saturated heterocycles. The lowest BCUT2D eigenvalue weighted by Gasteiger charge is -2.24. The van der Waals surface area contributed by atoms with Crippen molar-refractivity contribution in [3.05, 3.63) is 59.7 Å². The molecule has 1 aromatic heterocycles. The van der Waals surface area contributed by atoms with Gasteiger partial charge in [-0.05, 0) is 43.3 Å². The van der Waals surface area contributed by atoms with Gasteiger partial charge in [0.05, 0.1) is 16.6 Å². The summed E-state index contributed by atoms with van der Waals surface area (Å²) in [6.45, 7) is 9.86. The van der Waals surface area contributed by atoms with Gasteiger partial charge >= 0.3 is 0 Å². The number of fused-ring (bicyclic) bond motifs is 1. The fraction of sp³-hybridized carbons (Fsp3) is 0.364. The maximum atomic E-state index is 13.1. The van der Waals surface area contributed by atoms with Crippen LogP contribution in [0.1, 0.15) is 25.0 Å². The maximum Gasteiger partial charge on any atom is 0.233 e. The van der Waals surface area contributed by atoms with Crippen molar-refractivity contribution in [1.82, 2.24) is 9.88 Å². The second-order valence-corrected chi connectivity index (χ2v) is 7.71. The molecule has 1 heterocycles. The van der Waals surface area contributed by atoms with Gasteiger partial charge in [-0.15, -0.1) is 12.4 Å². The molecule has 1 amide bonds. The minimum Gasteiger partial charge on any atom is -0.302 e. The predicted octanol–water partition coefficient (Wildman–Crippen LogP) is 4.94. The topological polar surface area (TPSA) is 36.4 Å². The number of nitrogens with zero attached hydrogens (tertiary/aromatic N) is 3.